The van der Waals surface area contributed by atoms with E-state index < -0.39 is 23.8 Å². The number of hydrogen-bond acceptors (Lipinski definition) is 10. The van der Waals surface area contributed by atoms with E-state index in [1.54, 1.807) is 60.7 Å². The molecule has 4 aromatic carbocycles. The number of benzene rings is 4. The number of nitrogens with zero attached hydrogens (tertiary/aromatic N) is 1. The molecule has 2 aliphatic rings. The smallest absolute Gasteiger partial charge is 0.348 e. The number of aliphatic hydroxyl groups excluding tert-OH is 1. The van der Waals surface area contributed by atoms with Crippen molar-refractivity contribution in [3.05, 3.63) is 142 Å². The summed E-state index contributed by atoms with van der Waals surface area (Å²) in [7, 11) is 1.97. The van der Waals surface area contributed by atoms with Gasteiger partial charge in [0.1, 0.15) is 29.1 Å². The lowest BCUT2D eigenvalue weighted by Crippen LogP contribution is -2.44. The summed E-state index contributed by atoms with van der Waals surface area (Å²) < 4.78 is 18.1. The van der Waals surface area contributed by atoms with Gasteiger partial charge in [0.2, 0.25) is 11.2 Å². The van der Waals surface area contributed by atoms with Crippen LogP contribution in [-0.4, -0.2) is 64.0 Å². The third-order valence-corrected chi connectivity index (χ3v) is 10.2. The average Bonchev–Trinajstić information content (AvgIpc) is 3.19. The first-order chi connectivity index (χ1) is 27.2. The number of rotatable bonds is 15. The summed E-state index contributed by atoms with van der Waals surface area (Å²) in [6, 6.07) is 27.9. The van der Waals surface area contributed by atoms with Crippen LogP contribution in [0.15, 0.2) is 114 Å². The Balaban J connectivity index is 0.00000262. The highest BCUT2D eigenvalue weighted by molar-refractivity contribution is 5.89. The first-order valence-electron chi connectivity index (χ1n) is 19.3. The number of pyridine rings is 1. The summed E-state index contributed by atoms with van der Waals surface area (Å²) in [5.74, 6) is 1.04. The first-order valence-corrected chi connectivity index (χ1v) is 19.3. The fraction of sp³-hybridized carbons (Fsp3) is 0.333. The number of aromatic nitrogens is 1. The number of carbonyl (C=O) groups excluding carboxylic acids is 1. The third-order valence-electron chi connectivity index (χ3n) is 10.2. The number of carbonyl (C=O) groups is 1. The third kappa shape index (κ3) is 8.91. The molecule has 0 spiro atoms. The van der Waals surface area contributed by atoms with Gasteiger partial charge in [-0.25, -0.2) is 4.79 Å². The zero-order valence-corrected chi connectivity index (χ0v) is 32.1. The van der Waals surface area contributed by atoms with Crippen molar-refractivity contribution in [2.45, 2.75) is 63.9 Å². The summed E-state index contributed by atoms with van der Waals surface area (Å²) in [6.45, 7) is 6.06. The molecule has 56 heavy (non-hydrogen) atoms. The van der Waals surface area contributed by atoms with Gasteiger partial charge in [-0.1, -0.05) is 74.9 Å². The number of aromatic hydroxyl groups is 1. The number of nitrogens with one attached hydrogen (secondary N) is 2. The highest BCUT2D eigenvalue weighted by Gasteiger charge is 2.49. The lowest BCUT2D eigenvalue weighted by Gasteiger charge is -2.37. The number of aromatic amines is 1. The van der Waals surface area contributed by atoms with Crippen molar-refractivity contribution in [3.8, 4) is 23.0 Å². The number of hydrogen-bond donors (Lipinski definition) is 5. The maximum absolute atomic E-state index is 13.9. The lowest BCUT2D eigenvalue weighted by atomic mass is 9.80. The van der Waals surface area contributed by atoms with Gasteiger partial charge in [0.15, 0.2) is 0 Å². The van der Waals surface area contributed by atoms with Crippen molar-refractivity contribution < 1.29 is 34.3 Å². The van der Waals surface area contributed by atoms with Crippen LogP contribution in [0.4, 0.5) is 0 Å². The molecule has 2 unspecified atom stereocenters. The van der Waals surface area contributed by atoms with Crippen LogP contribution in [0, 0.1) is 5.92 Å². The molecule has 11 nitrogen and oxygen atoms in total. The van der Waals surface area contributed by atoms with E-state index in [4.69, 9.17) is 14.2 Å². The van der Waals surface area contributed by atoms with Crippen molar-refractivity contribution in [3.63, 3.8) is 0 Å². The van der Waals surface area contributed by atoms with E-state index in [-0.39, 0.29) is 23.8 Å². The van der Waals surface area contributed by atoms with Crippen LogP contribution in [0.2, 0.25) is 0 Å². The molecule has 1 aliphatic carbocycles. The van der Waals surface area contributed by atoms with Crippen LogP contribution in [0.3, 0.4) is 0 Å². The van der Waals surface area contributed by atoms with E-state index in [2.05, 4.69) is 10.3 Å². The molecule has 1 aliphatic heterocycles. The molecule has 7 rings (SSSR count). The van der Waals surface area contributed by atoms with Crippen LogP contribution in [0.1, 0.15) is 67.9 Å². The highest BCUT2D eigenvalue weighted by Crippen LogP contribution is 2.47. The van der Waals surface area contributed by atoms with Crippen LogP contribution >= 0.6 is 0 Å². The highest BCUT2D eigenvalue weighted by atomic mass is 16.6. The Bertz CT molecular complexity index is 2130. The molecule has 0 radical (unpaired) electrons. The van der Waals surface area contributed by atoms with E-state index in [1.165, 1.54) is 12.1 Å². The largest absolute Gasteiger partial charge is 0.506 e. The number of para-hydroxylation sites is 2. The van der Waals surface area contributed by atoms with Gasteiger partial charge in [-0.05, 0) is 85.0 Å². The molecule has 1 saturated carbocycles. The maximum Gasteiger partial charge on any atom is 0.348 e. The number of fused-ring (bicyclic) bond motifs is 3. The fourth-order valence-corrected chi connectivity index (χ4v) is 6.99. The molecular weight excluding hydrogens is 711 g/mol. The minimum atomic E-state index is -1.99. The number of phenols is 1. The second-order valence-electron chi connectivity index (χ2n) is 14.0. The van der Waals surface area contributed by atoms with E-state index in [1.807, 2.05) is 62.3 Å². The summed E-state index contributed by atoms with van der Waals surface area (Å²) in [5.41, 5.74) is 0.364. The summed E-state index contributed by atoms with van der Waals surface area (Å²) >= 11 is 0. The Morgan fingerprint density at radius 3 is 2.32 bits per heavy atom. The normalized spacial score (nSPS) is 15.3. The minimum Gasteiger partial charge on any atom is -0.506 e. The fourth-order valence-electron chi connectivity index (χ4n) is 6.99. The van der Waals surface area contributed by atoms with Crippen LogP contribution in [0.25, 0.3) is 10.9 Å². The quantitative estimate of drug-likeness (QED) is 0.0554. The molecule has 2 heterocycles. The molecular formula is C45H51N3O8. The molecule has 5 aromatic rings. The summed E-state index contributed by atoms with van der Waals surface area (Å²) in [5, 5.41) is 36.8. The monoisotopic (exact) mass is 761 g/mol. The van der Waals surface area contributed by atoms with Crippen LogP contribution < -0.4 is 20.3 Å². The summed E-state index contributed by atoms with van der Waals surface area (Å²) in [4.78, 5) is 30.2. The topological polar surface area (TPSA) is 154 Å². The van der Waals surface area contributed by atoms with E-state index in [0.29, 0.717) is 52.2 Å². The maximum atomic E-state index is 13.9. The SMILES string of the molecule is CC.CN(/C=C/C(OC(=O)C1(O)c2ccccc2Oc2ccccc21)C1CCC1)CCCOc1ccc(CNCC(O)c2ccc(O)c3[nH]c(=O)ccc23)cc1. The van der Waals surface area contributed by atoms with Gasteiger partial charge in [0.05, 0.1) is 18.2 Å². The second-order valence-corrected chi connectivity index (χ2v) is 14.0. The van der Waals surface area contributed by atoms with Crippen molar-refractivity contribution in [1.29, 1.82) is 0 Å². The van der Waals surface area contributed by atoms with Gasteiger partial charge in [-0.15, -0.1) is 0 Å². The lowest BCUT2D eigenvalue weighted by molar-refractivity contribution is -0.169. The van der Waals surface area contributed by atoms with Crippen molar-refractivity contribution in [2.75, 3.05) is 26.7 Å². The summed E-state index contributed by atoms with van der Waals surface area (Å²) in [6.07, 6.45) is 6.29. The molecule has 0 amide bonds. The van der Waals surface area contributed by atoms with Crippen molar-refractivity contribution in [2.24, 2.45) is 5.92 Å². The number of H-pyrrole nitrogens is 1. The van der Waals surface area contributed by atoms with Gasteiger partial charge in [0.25, 0.3) is 0 Å². The predicted molar refractivity (Wildman–Crippen MR) is 216 cm³/mol. The molecule has 294 valence electrons. The van der Waals surface area contributed by atoms with Crippen molar-refractivity contribution in [1.82, 2.24) is 15.2 Å². The second kappa shape index (κ2) is 18.3. The standard InChI is InChI=1S/C43H45N3O8.C2H6/c1-46(24-22-37(29-8-6-9-29)54-42(50)43(51)33-10-2-4-12-38(33)53-39-13-5-3-11-34(39)43)23-7-25-52-30-16-14-28(15-17-30)26-44-27-36(48)31-18-20-35(47)41-32(31)19-21-40(49)45-41;1-2/h2-5,10-22,24,29,36-37,44,47-48,51H,6-9,23,25-27H2,1H3,(H,45,49);1-2H3/b24-22+;. The predicted octanol–water partition coefficient (Wildman–Crippen LogP) is 7.05. The molecule has 0 bridgehead atoms. The van der Waals surface area contributed by atoms with Crippen LogP contribution in [-0.2, 0) is 21.7 Å². The molecule has 5 N–H and O–H groups in total. The van der Waals surface area contributed by atoms with Gasteiger partial charge in [-0.3, -0.25) is 4.79 Å². The van der Waals surface area contributed by atoms with E-state index in [0.717, 1.165) is 43.5 Å². The van der Waals surface area contributed by atoms with E-state index >= 15 is 0 Å². The Morgan fingerprint density at radius 2 is 1.66 bits per heavy atom. The Hall–Kier alpha value is -5.62. The molecule has 11 heteroatoms. The number of ether oxygens (including phenoxy) is 3. The minimum absolute atomic E-state index is 0.0439. The Morgan fingerprint density at radius 1 is 0.982 bits per heavy atom. The average molecular weight is 762 g/mol. The Kier molecular flexibility index (Phi) is 13.1. The zero-order valence-electron chi connectivity index (χ0n) is 32.1. The number of esters is 1. The van der Waals surface area contributed by atoms with Gasteiger partial charge >= 0.3 is 5.97 Å². The number of aliphatic hydroxyl groups is 2. The molecule has 1 fully saturated rings. The molecule has 2 atom stereocenters. The molecule has 1 aromatic heterocycles. The zero-order chi connectivity index (χ0) is 39.7. The van der Waals surface area contributed by atoms with Crippen molar-refractivity contribution >= 4 is 16.9 Å². The first kappa shape index (κ1) is 40.1. The molecule has 0 saturated heterocycles. The van der Waals surface area contributed by atoms with E-state index in [9.17, 15) is 24.9 Å². The van der Waals surface area contributed by atoms with Gasteiger partial charge in [0, 0.05) is 49.3 Å². The number of phenolic OH excluding ortho intramolecular Hbond substituents is 1. The Labute approximate surface area is 327 Å². The van der Waals surface area contributed by atoms with Crippen LogP contribution in [0.5, 0.6) is 23.0 Å². The van der Waals surface area contributed by atoms with Gasteiger partial charge < -0.3 is 44.7 Å². The van der Waals surface area contributed by atoms with Gasteiger partial charge in [-0.2, -0.15) is 0 Å².